The summed E-state index contributed by atoms with van der Waals surface area (Å²) in [7, 11) is 2.84. The fourth-order valence-corrected chi connectivity index (χ4v) is 3.79. The molecule has 3 aliphatic rings. The molecular weight excluding hydrogens is 373 g/mol. The highest BCUT2D eigenvalue weighted by Crippen LogP contribution is 2.40. The lowest BCUT2D eigenvalue weighted by Gasteiger charge is -2.38. The normalized spacial score (nSPS) is 25.6. The SMILES string of the molecule is CN1Cc2cc(N(B3OC(C)(C)C(C)(C)O3)C3C(=O)CC=CN3C)nn2CC1=O. The highest BCUT2D eigenvalue weighted by Gasteiger charge is 2.57. The molecular formula is C19H28BN5O4. The lowest BCUT2D eigenvalue weighted by Crippen LogP contribution is -2.58. The van der Waals surface area contributed by atoms with E-state index in [1.165, 1.54) is 0 Å². The zero-order valence-corrected chi connectivity index (χ0v) is 17.9. The van der Waals surface area contributed by atoms with Crippen molar-refractivity contribution in [3.05, 3.63) is 24.0 Å². The zero-order chi connectivity index (χ0) is 21.1. The molecule has 1 aromatic rings. The molecule has 1 saturated heterocycles. The first-order chi connectivity index (χ1) is 13.5. The number of carbonyl (C=O) groups is 2. The summed E-state index contributed by atoms with van der Waals surface area (Å²) in [5, 5.41) is 4.65. The van der Waals surface area contributed by atoms with Crippen LogP contribution in [0.1, 0.15) is 39.8 Å². The number of hydrogen-bond donors (Lipinski definition) is 0. The summed E-state index contributed by atoms with van der Waals surface area (Å²) in [4.78, 5) is 30.3. The third kappa shape index (κ3) is 3.24. The average molecular weight is 401 g/mol. The van der Waals surface area contributed by atoms with Crippen LogP contribution in [0, 0.1) is 0 Å². The Morgan fingerprint density at radius 3 is 2.41 bits per heavy atom. The highest BCUT2D eigenvalue weighted by atomic mass is 16.7. The second-order valence-corrected chi connectivity index (χ2v) is 8.97. The van der Waals surface area contributed by atoms with Gasteiger partial charge in [0.15, 0.2) is 11.9 Å². The molecule has 0 aliphatic carbocycles. The first-order valence-corrected chi connectivity index (χ1v) is 9.86. The Kier molecular flexibility index (Phi) is 4.54. The second kappa shape index (κ2) is 6.60. The maximum atomic E-state index is 12.9. The molecule has 4 heterocycles. The van der Waals surface area contributed by atoms with Gasteiger partial charge < -0.3 is 23.9 Å². The van der Waals surface area contributed by atoms with E-state index in [2.05, 4.69) is 5.10 Å². The number of ketones is 1. The van der Waals surface area contributed by atoms with Gasteiger partial charge >= 0.3 is 7.25 Å². The van der Waals surface area contributed by atoms with Crippen LogP contribution >= 0.6 is 0 Å². The van der Waals surface area contributed by atoms with E-state index in [0.29, 0.717) is 18.8 Å². The van der Waals surface area contributed by atoms with E-state index in [1.54, 1.807) is 21.4 Å². The Morgan fingerprint density at radius 2 is 1.79 bits per heavy atom. The van der Waals surface area contributed by atoms with Gasteiger partial charge in [0.05, 0.1) is 23.4 Å². The van der Waals surface area contributed by atoms with Crippen LogP contribution in [0.25, 0.3) is 0 Å². The summed E-state index contributed by atoms with van der Waals surface area (Å²) in [6.45, 7) is 8.55. The predicted molar refractivity (Wildman–Crippen MR) is 108 cm³/mol. The van der Waals surface area contributed by atoms with Gasteiger partial charge in [-0.1, -0.05) is 6.08 Å². The van der Waals surface area contributed by atoms with Gasteiger partial charge in [-0.2, -0.15) is 5.10 Å². The lowest BCUT2D eigenvalue weighted by molar-refractivity contribution is -0.132. The summed E-state index contributed by atoms with van der Waals surface area (Å²) in [5.74, 6) is 0.592. The number of amides is 1. The predicted octanol–water partition coefficient (Wildman–Crippen LogP) is 0.995. The monoisotopic (exact) mass is 401 g/mol. The third-order valence-corrected chi connectivity index (χ3v) is 6.29. The van der Waals surface area contributed by atoms with Crippen molar-refractivity contribution in [1.82, 2.24) is 19.6 Å². The summed E-state index contributed by atoms with van der Waals surface area (Å²) in [6, 6.07) is 1.91. The molecule has 0 spiro atoms. The van der Waals surface area contributed by atoms with Gasteiger partial charge in [0, 0.05) is 26.6 Å². The van der Waals surface area contributed by atoms with E-state index in [9.17, 15) is 9.59 Å². The van der Waals surface area contributed by atoms with E-state index < -0.39 is 24.6 Å². The summed E-state index contributed by atoms with van der Waals surface area (Å²) >= 11 is 0. The Labute approximate surface area is 171 Å². The van der Waals surface area contributed by atoms with Crippen LogP contribution in [0.2, 0.25) is 0 Å². The van der Waals surface area contributed by atoms with Crippen LogP contribution in [-0.4, -0.2) is 70.0 Å². The molecule has 0 radical (unpaired) electrons. The fraction of sp³-hybridized carbons (Fsp3) is 0.632. The number of hydrogen-bond acceptors (Lipinski definition) is 7. The Morgan fingerprint density at radius 1 is 1.14 bits per heavy atom. The molecule has 1 unspecified atom stereocenters. The molecule has 1 amide bonds. The molecule has 1 aromatic heterocycles. The first-order valence-electron chi connectivity index (χ1n) is 9.86. The number of Topliss-reactive ketones (excluding diaryl/α,β-unsaturated/α-hetero) is 1. The van der Waals surface area contributed by atoms with E-state index in [1.807, 2.05) is 58.0 Å². The van der Waals surface area contributed by atoms with Crippen molar-refractivity contribution in [2.45, 2.75) is 64.6 Å². The maximum absolute atomic E-state index is 12.9. The molecule has 0 bridgehead atoms. The minimum absolute atomic E-state index is 0.00290. The van der Waals surface area contributed by atoms with Gasteiger partial charge in [0.25, 0.3) is 0 Å². The van der Waals surface area contributed by atoms with Gasteiger partial charge in [0.2, 0.25) is 5.91 Å². The number of carbonyl (C=O) groups excluding carboxylic acids is 2. The minimum atomic E-state index is -0.784. The summed E-state index contributed by atoms with van der Waals surface area (Å²) in [6.07, 6.45) is 3.45. The third-order valence-electron chi connectivity index (χ3n) is 6.29. The van der Waals surface area contributed by atoms with Crippen molar-refractivity contribution in [2.75, 3.05) is 18.9 Å². The highest BCUT2D eigenvalue weighted by molar-refractivity contribution is 6.51. The van der Waals surface area contributed by atoms with Crippen molar-refractivity contribution in [3.63, 3.8) is 0 Å². The first kappa shape index (κ1) is 20.0. The molecule has 0 aromatic carbocycles. The smallest absolute Gasteiger partial charge is 0.384 e. The largest absolute Gasteiger partial charge is 0.597 e. The van der Waals surface area contributed by atoms with Crippen LogP contribution in [-0.2, 0) is 32.0 Å². The molecule has 0 N–H and O–H groups in total. The number of rotatable bonds is 3. The van der Waals surface area contributed by atoms with E-state index in [4.69, 9.17) is 9.31 Å². The summed E-state index contributed by atoms with van der Waals surface area (Å²) < 4.78 is 14.3. The topological polar surface area (TPSA) is 80.1 Å². The molecule has 1 atom stereocenters. The van der Waals surface area contributed by atoms with Crippen LogP contribution in [0.4, 0.5) is 5.82 Å². The lowest BCUT2D eigenvalue weighted by atomic mass is 9.90. The van der Waals surface area contributed by atoms with E-state index in [0.717, 1.165) is 5.69 Å². The molecule has 1 fully saturated rings. The number of anilines is 1. The van der Waals surface area contributed by atoms with Crippen molar-refractivity contribution >= 4 is 24.8 Å². The molecule has 9 nitrogen and oxygen atoms in total. The molecule has 10 heteroatoms. The van der Waals surface area contributed by atoms with Gasteiger partial charge in [-0.05, 0) is 33.9 Å². The average Bonchev–Trinajstić information content (AvgIpc) is 3.08. The van der Waals surface area contributed by atoms with Gasteiger partial charge in [-0.3, -0.25) is 14.3 Å². The number of fused-ring (bicyclic) bond motifs is 1. The molecule has 4 rings (SSSR count). The van der Waals surface area contributed by atoms with E-state index >= 15 is 0 Å². The van der Waals surface area contributed by atoms with Crippen LogP contribution < -0.4 is 4.81 Å². The van der Waals surface area contributed by atoms with Crippen LogP contribution in [0.15, 0.2) is 18.3 Å². The number of allylic oxidation sites excluding steroid dienone is 1. The van der Waals surface area contributed by atoms with Gasteiger partial charge in [0.1, 0.15) is 12.4 Å². The van der Waals surface area contributed by atoms with Crippen molar-refractivity contribution in [3.8, 4) is 0 Å². The molecule has 29 heavy (non-hydrogen) atoms. The van der Waals surface area contributed by atoms with Crippen LogP contribution in [0.5, 0.6) is 0 Å². The molecule has 3 aliphatic heterocycles. The molecule has 0 saturated carbocycles. The Hall–Kier alpha value is -2.33. The van der Waals surface area contributed by atoms with Crippen molar-refractivity contribution < 1.29 is 18.9 Å². The van der Waals surface area contributed by atoms with Crippen molar-refractivity contribution in [1.29, 1.82) is 0 Å². The van der Waals surface area contributed by atoms with Gasteiger partial charge in [-0.25, -0.2) is 0 Å². The minimum Gasteiger partial charge on any atom is -0.384 e. The number of aromatic nitrogens is 2. The number of likely N-dealkylation sites (N-methyl/N-ethyl adjacent to an activating group) is 2. The van der Waals surface area contributed by atoms with Crippen molar-refractivity contribution in [2.24, 2.45) is 0 Å². The quantitative estimate of drug-likeness (QED) is 0.699. The maximum Gasteiger partial charge on any atom is 0.597 e. The van der Waals surface area contributed by atoms with Gasteiger partial charge in [-0.15, -0.1) is 0 Å². The van der Waals surface area contributed by atoms with E-state index in [-0.39, 0.29) is 18.2 Å². The Balaban J connectivity index is 1.76. The molecule has 156 valence electrons. The second-order valence-electron chi connectivity index (χ2n) is 8.97. The zero-order valence-electron chi connectivity index (χ0n) is 17.9. The standard InChI is InChI=1S/C19H28BN5O4/c1-18(2)19(3,4)29-20(28-18)25(17-14(26)8-7-9-22(17)5)15-10-13-11-23(6)16(27)12-24(13)21-15/h7,9-10,17H,8,11-12H2,1-6H3. The number of nitrogens with zero attached hydrogens (tertiary/aromatic N) is 5. The summed E-state index contributed by atoms with van der Waals surface area (Å²) in [5.41, 5.74) is -0.208. The fourth-order valence-electron chi connectivity index (χ4n) is 3.79. The Bertz CT molecular complexity index is 864. The van der Waals surface area contributed by atoms with Crippen LogP contribution in [0.3, 0.4) is 0 Å².